The van der Waals surface area contributed by atoms with Gasteiger partial charge in [-0.3, -0.25) is 0 Å². The Labute approximate surface area is 90.3 Å². The summed E-state index contributed by atoms with van der Waals surface area (Å²) in [7, 11) is -1.75. The maximum Gasteiger partial charge on any atom is 0.184 e. The van der Waals surface area contributed by atoms with Gasteiger partial charge in [-0.05, 0) is 31.2 Å². The van der Waals surface area contributed by atoms with E-state index < -0.39 is 15.1 Å². The molecule has 0 aromatic heterocycles. The highest BCUT2D eigenvalue weighted by Gasteiger charge is 2.20. The first-order chi connectivity index (χ1) is 7.02. The van der Waals surface area contributed by atoms with Crippen LogP contribution in [0.15, 0.2) is 41.8 Å². The monoisotopic (exact) mass is 226 g/mol. The predicted molar refractivity (Wildman–Crippen MR) is 59.8 cm³/mol. The van der Waals surface area contributed by atoms with E-state index in [0.29, 0.717) is 5.75 Å². The molecular formula is C11H14O3S. The number of sulfone groups is 1. The van der Waals surface area contributed by atoms with Crippen molar-refractivity contribution in [3.63, 3.8) is 0 Å². The van der Waals surface area contributed by atoms with Gasteiger partial charge in [0.25, 0.3) is 0 Å². The Morgan fingerprint density at radius 1 is 1.33 bits per heavy atom. The molecule has 0 bridgehead atoms. The lowest BCUT2D eigenvalue weighted by Crippen LogP contribution is -2.14. The van der Waals surface area contributed by atoms with Crippen molar-refractivity contribution in [3.05, 3.63) is 36.9 Å². The highest BCUT2D eigenvalue weighted by atomic mass is 32.2. The summed E-state index contributed by atoms with van der Waals surface area (Å²) < 4.78 is 28.7. The molecule has 1 aromatic rings. The maximum absolute atomic E-state index is 11.9. The molecule has 15 heavy (non-hydrogen) atoms. The number of ether oxygens (including phenoxy) is 1. The van der Waals surface area contributed by atoms with Gasteiger partial charge in [-0.25, -0.2) is 8.42 Å². The van der Waals surface area contributed by atoms with Crippen LogP contribution in [0, 0.1) is 0 Å². The summed E-state index contributed by atoms with van der Waals surface area (Å²) in [4.78, 5) is 0.288. The molecule has 0 saturated heterocycles. The Morgan fingerprint density at radius 2 is 1.87 bits per heavy atom. The molecule has 1 atom stereocenters. The van der Waals surface area contributed by atoms with E-state index in [1.165, 1.54) is 25.3 Å². The first kappa shape index (κ1) is 11.8. The Balaban J connectivity index is 3.11. The number of methoxy groups -OCH3 is 1. The van der Waals surface area contributed by atoms with Crippen LogP contribution in [0.5, 0.6) is 5.75 Å². The minimum absolute atomic E-state index is 0.288. The minimum Gasteiger partial charge on any atom is -0.497 e. The summed E-state index contributed by atoms with van der Waals surface area (Å²) in [5.74, 6) is 0.639. The van der Waals surface area contributed by atoms with Gasteiger partial charge in [0.2, 0.25) is 0 Å². The first-order valence-corrected chi connectivity index (χ1v) is 6.07. The molecule has 0 N–H and O–H groups in total. The second kappa shape index (κ2) is 4.49. The van der Waals surface area contributed by atoms with Crippen LogP contribution in [0.3, 0.4) is 0 Å². The third-order valence-corrected chi connectivity index (χ3v) is 4.31. The van der Waals surface area contributed by atoms with Crippen LogP contribution < -0.4 is 4.74 Å². The van der Waals surface area contributed by atoms with Gasteiger partial charge in [0.05, 0.1) is 17.3 Å². The molecule has 0 aliphatic carbocycles. The molecule has 0 fully saturated rings. The topological polar surface area (TPSA) is 43.4 Å². The van der Waals surface area contributed by atoms with E-state index in [4.69, 9.17) is 4.74 Å². The van der Waals surface area contributed by atoms with Gasteiger partial charge in [-0.15, -0.1) is 6.58 Å². The molecule has 0 aliphatic rings. The van der Waals surface area contributed by atoms with Crippen molar-refractivity contribution >= 4 is 9.84 Å². The van der Waals surface area contributed by atoms with Gasteiger partial charge < -0.3 is 4.74 Å². The zero-order valence-corrected chi connectivity index (χ0v) is 9.62. The molecular weight excluding hydrogens is 212 g/mol. The van der Waals surface area contributed by atoms with E-state index in [-0.39, 0.29) is 4.90 Å². The number of benzene rings is 1. The zero-order chi connectivity index (χ0) is 11.5. The summed E-state index contributed by atoms with van der Waals surface area (Å²) in [5.41, 5.74) is 0. The second-order valence-electron chi connectivity index (χ2n) is 3.16. The van der Waals surface area contributed by atoms with Crippen LogP contribution in [-0.2, 0) is 9.84 Å². The highest BCUT2D eigenvalue weighted by Crippen LogP contribution is 2.19. The largest absolute Gasteiger partial charge is 0.497 e. The fourth-order valence-corrected chi connectivity index (χ4v) is 2.30. The van der Waals surface area contributed by atoms with Crippen molar-refractivity contribution in [1.82, 2.24) is 0 Å². The van der Waals surface area contributed by atoms with E-state index in [0.717, 1.165) is 0 Å². The van der Waals surface area contributed by atoms with E-state index in [1.807, 2.05) is 0 Å². The first-order valence-electron chi connectivity index (χ1n) is 4.53. The Morgan fingerprint density at radius 3 is 2.27 bits per heavy atom. The fourth-order valence-electron chi connectivity index (χ4n) is 1.11. The standard InChI is InChI=1S/C11H14O3S/c1-4-9(2)15(12,13)11-7-5-10(14-3)6-8-11/h4-9H,1H2,2-3H3. The number of hydrogen-bond donors (Lipinski definition) is 0. The Bertz CT molecular complexity index is 431. The quantitative estimate of drug-likeness (QED) is 0.738. The van der Waals surface area contributed by atoms with Crippen LogP contribution >= 0.6 is 0 Å². The molecule has 1 rings (SSSR count). The summed E-state index contributed by atoms with van der Waals surface area (Å²) in [5, 5.41) is -0.578. The lowest BCUT2D eigenvalue weighted by molar-refractivity contribution is 0.414. The molecule has 1 unspecified atom stereocenters. The van der Waals surface area contributed by atoms with Crippen LogP contribution in [0.1, 0.15) is 6.92 Å². The van der Waals surface area contributed by atoms with E-state index in [9.17, 15) is 8.42 Å². The molecule has 0 heterocycles. The summed E-state index contributed by atoms with van der Waals surface area (Å²) in [6, 6.07) is 6.33. The number of rotatable bonds is 4. The van der Waals surface area contributed by atoms with Gasteiger partial charge in [-0.2, -0.15) is 0 Å². The predicted octanol–water partition coefficient (Wildman–Crippen LogP) is 2.04. The molecule has 1 aromatic carbocycles. The van der Waals surface area contributed by atoms with Crippen LogP contribution in [0.2, 0.25) is 0 Å². The van der Waals surface area contributed by atoms with Crippen LogP contribution in [0.4, 0.5) is 0 Å². The summed E-state index contributed by atoms with van der Waals surface area (Å²) in [6.07, 6.45) is 1.42. The second-order valence-corrected chi connectivity index (χ2v) is 5.47. The van der Waals surface area contributed by atoms with Crippen molar-refractivity contribution in [2.24, 2.45) is 0 Å². The molecule has 0 amide bonds. The minimum atomic E-state index is -3.29. The molecule has 3 nitrogen and oxygen atoms in total. The lowest BCUT2D eigenvalue weighted by atomic mass is 10.3. The SMILES string of the molecule is C=CC(C)S(=O)(=O)c1ccc(OC)cc1. The van der Waals surface area contributed by atoms with Gasteiger partial charge in [-0.1, -0.05) is 6.08 Å². The average molecular weight is 226 g/mol. The summed E-state index contributed by atoms with van der Waals surface area (Å²) >= 11 is 0. The molecule has 0 aliphatic heterocycles. The molecule has 4 heteroatoms. The maximum atomic E-state index is 11.9. The van der Waals surface area contributed by atoms with Crippen LogP contribution in [-0.4, -0.2) is 20.8 Å². The molecule has 0 radical (unpaired) electrons. The normalized spacial score (nSPS) is 13.2. The number of hydrogen-bond acceptors (Lipinski definition) is 3. The average Bonchev–Trinajstić information content (AvgIpc) is 2.28. The lowest BCUT2D eigenvalue weighted by Gasteiger charge is -2.08. The Kier molecular flexibility index (Phi) is 3.52. The highest BCUT2D eigenvalue weighted by molar-refractivity contribution is 7.92. The van der Waals surface area contributed by atoms with Gasteiger partial charge in [0, 0.05) is 0 Å². The van der Waals surface area contributed by atoms with Gasteiger partial charge in [0.15, 0.2) is 9.84 Å². The van der Waals surface area contributed by atoms with Gasteiger partial charge >= 0.3 is 0 Å². The zero-order valence-electron chi connectivity index (χ0n) is 8.80. The third kappa shape index (κ3) is 2.39. The van der Waals surface area contributed by atoms with E-state index in [2.05, 4.69) is 6.58 Å². The van der Waals surface area contributed by atoms with Crippen molar-refractivity contribution in [2.75, 3.05) is 7.11 Å². The third-order valence-electron chi connectivity index (χ3n) is 2.21. The van der Waals surface area contributed by atoms with E-state index >= 15 is 0 Å². The molecule has 0 saturated carbocycles. The van der Waals surface area contributed by atoms with Crippen molar-refractivity contribution in [1.29, 1.82) is 0 Å². The van der Waals surface area contributed by atoms with Crippen molar-refractivity contribution in [2.45, 2.75) is 17.1 Å². The fraction of sp³-hybridized carbons (Fsp3) is 0.273. The van der Waals surface area contributed by atoms with Crippen molar-refractivity contribution in [3.8, 4) is 5.75 Å². The Hall–Kier alpha value is -1.29. The molecule has 0 spiro atoms. The van der Waals surface area contributed by atoms with Crippen molar-refractivity contribution < 1.29 is 13.2 Å². The van der Waals surface area contributed by atoms with Gasteiger partial charge in [0.1, 0.15) is 5.75 Å². The van der Waals surface area contributed by atoms with E-state index in [1.54, 1.807) is 19.1 Å². The smallest absolute Gasteiger partial charge is 0.184 e. The van der Waals surface area contributed by atoms with Crippen LogP contribution in [0.25, 0.3) is 0 Å². The summed E-state index contributed by atoms with van der Waals surface area (Å²) in [6.45, 7) is 5.09. The molecule has 82 valence electrons.